The molecule has 0 aromatic rings. The Kier molecular flexibility index (Phi) is 9.14. The Morgan fingerprint density at radius 3 is 2.54 bits per heavy atom. The first-order chi connectivity index (χ1) is 4.79. The molecule has 1 heterocycles. The zero-order valence-electron chi connectivity index (χ0n) is 6.15. The van der Waals surface area contributed by atoms with E-state index in [1.807, 2.05) is 12.2 Å². The van der Waals surface area contributed by atoms with Crippen molar-refractivity contribution in [3.63, 3.8) is 0 Å². The van der Waals surface area contributed by atoms with Crippen molar-refractivity contribution in [1.82, 2.24) is 0 Å². The van der Waals surface area contributed by atoms with Crippen molar-refractivity contribution in [2.45, 2.75) is 4.71 Å². The Balaban J connectivity index is 0. The Morgan fingerprint density at radius 2 is 2.00 bits per heavy atom. The van der Waals surface area contributed by atoms with Crippen molar-refractivity contribution < 1.29 is 51.0 Å². The molecule has 69 valence electrons. The van der Waals surface area contributed by atoms with Gasteiger partial charge >= 0.3 is 26.2 Å². The summed E-state index contributed by atoms with van der Waals surface area (Å²) in [6.45, 7) is 0. The van der Waals surface area contributed by atoms with Gasteiger partial charge in [-0.25, -0.2) is 0 Å². The van der Waals surface area contributed by atoms with Crippen LogP contribution in [0.4, 0.5) is 0 Å². The van der Waals surface area contributed by atoms with Crippen LogP contribution in [0.2, 0.25) is 0 Å². The summed E-state index contributed by atoms with van der Waals surface area (Å²) in [6, 6.07) is 0. The van der Waals surface area contributed by atoms with Crippen molar-refractivity contribution in [3.05, 3.63) is 33.7 Å². The molecule has 0 amide bonds. The normalized spacial score (nSPS) is 22.6. The first-order valence-corrected chi connectivity index (χ1v) is 4.49. The van der Waals surface area contributed by atoms with E-state index >= 15 is 0 Å². The monoisotopic (exact) mass is 349 g/mol. The molecule has 1 aliphatic carbocycles. The predicted molar refractivity (Wildman–Crippen MR) is 46.0 cm³/mol. The topological polar surface area (TPSA) is 0 Å². The number of rotatable bonds is 0. The molecule has 0 saturated carbocycles. The molecule has 2 aliphatic rings. The number of allylic oxidation sites excluding steroid dienone is 4. The maximum Gasteiger partial charge on any atom is 3.00 e. The van der Waals surface area contributed by atoms with Crippen LogP contribution < -0.4 is 24.8 Å². The van der Waals surface area contributed by atoms with Gasteiger partial charge in [-0.1, -0.05) is 0 Å². The summed E-state index contributed by atoms with van der Waals surface area (Å²) in [5, 5.41) is 0. The van der Waals surface area contributed by atoms with Crippen molar-refractivity contribution >= 4 is 35.0 Å². The van der Waals surface area contributed by atoms with Crippen LogP contribution >= 0.6 is 35.0 Å². The third-order valence-electron chi connectivity index (χ3n) is 1.43. The standard InChI is InChI=1S/C7H3Cl2S.2ClH.Zr/c8-6-4-2-1-3-5(4)7(9)10-6;;;/h1-2,6H;2*1H;/q-1;;;+3/p-2. The van der Waals surface area contributed by atoms with Gasteiger partial charge in [-0.05, 0) is 4.36 Å². The summed E-state index contributed by atoms with van der Waals surface area (Å²) >= 11 is 13.2. The zero-order chi connectivity index (χ0) is 7.14. The predicted octanol–water partition coefficient (Wildman–Crippen LogP) is -2.95. The van der Waals surface area contributed by atoms with E-state index in [0.717, 1.165) is 15.5 Å². The summed E-state index contributed by atoms with van der Waals surface area (Å²) < 4.78 is 0.758. The smallest absolute Gasteiger partial charge is 1.00 e. The van der Waals surface area contributed by atoms with Crippen LogP contribution in [-0.2, 0) is 26.2 Å². The van der Waals surface area contributed by atoms with Gasteiger partial charge in [-0.2, -0.15) is 23.9 Å². The first kappa shape index (κ1) is 17.0. The van der Waals surface area contributed by atoms with E-state index in [1.165, 1.54) is 11.8 Å². The average Bonchev–Trinajstić information content (AvgIpc) is 2.39. The second-order valence-electron chi connectivity index (χ2n) is 2.02. The number of hydrogen-bond donors (Lipinski definition) is 0. The van der Waals surface area contributed by atoms with Crippen LogP contribution in [0.3, 0.4) is 0 Å². The summed E-state index contributed by atoms with van der Waals surface area (Å²) in [4.78, 5) is 0. The molecule has 1 aliphatic heterocycles. The van der Waals surface area contributed by atoms with Gasteiger partial charge < -0.3 is 24.8 Å². The summed E-state index contributed by atoms with van der Waals surface area (Å²) in [7, 11) is 0. The summed E-state index contributed by atoms with van der Waals surface area (Å²) in [5.41, 5.74) is 2.07. The third-order valence-corrected chi connectivity index (χ3v) is 3.26. The fourth-order valence-corrected chi connectivity index (χ4v) is 2.77. The fraction of sp³-hybridized carbons (Fsp3) is 0.143. The second-order valence-corrected chi connectivity index (χ2v) is 4.43. The maximum absolute atomic E-state index is 5.92. The SMILES string of the molecule is ClC1=C2[C-]=CC=C2C(Cl)S1.[Cl-].[Cl-].[Zr+3]. The van der Waals surface area contributed by atoms with Crippen LogP contribution in [0.5, 0.6) is 0 Å². The minimum absolute atomic E-state index is 0. The molecule has 0 N–H and O–H groups in total. The molecule has 0 aromatic heterocycles. The van der Waals surface area contributed by atoms with E-state index in [1.54, 1.807) is 0 Å². The summed E-state index contributed by atoms with van der Waals surface area (Å²) in [5.74, 6) is 0. The van der Waals surface area contributed by atoms with Gasteiger partial charge in [0.05, 0.1) is 4.71 Å². The Morgan fingerprint density at radius 1 is 1.38 bits per heavy atom. The molecule has 0 saturated heterocycles. The minimum Gasteiger partial charge on any atom is -1.00 e. The van der Waals surface area contributed by atoms with E-state index in [2.05, 4.69) is 6.08 Å². The molecule has 0 aromatic carbocycles. The Labute approximate surface area is 123 Å². The van der Waals surface area contributed by atoms with Crippen LogP contribution in [0, 0.1) is 6.08 Å². The maximum atomic E-state index is 5.92. The van der Waals surface area contributed by atoms with Gasteiger partial charge in [0.15, 0.2) is 0 Å². The van der Waals surface area contributed by atoms with E-state index in [9.17, 15) is 0 Å². The molecule has 0 fully saturated rings. The van der Waals surface area contributed by atoms with E-state index in [-0.39, 0.29) is 55.7 Å². The molecule has 1 atom stereocenters. The van der Waals surface area contributed by atoms with E-state index < -0.39 is 0 Å². The minimum atomic E-state index is -0.00579. The summed E-state index contributed by atoms with van der Waals surface area (Å²) in [6.07, 6.45) is 6.83. The molecular weight excluding hydrogens is 349 g/mol. The van der Waals surface area contributed by atoms with Crippen LogP contribution in [0.25, 0.3) is 0 Å². The second kappa shape index (κ2) is 6.98. The molecule has 13 heavy (non-hydrogen) atoms. The van der Waals surface area contributed by atoms with Crippen molar-refractivity contribution in [2.24, 2.45) is 0 Å². The van der Waals surface area contributed by atoms with Crippen LogP contribution in [0.1, 0.15) is 0 Å². The molecule has 1 unspecified atom stereocenters. The van der Waals surface area contributed by atoms with Gasteiger partial charge in [0.2, 0.25) is 0 Å². The van der Waals surface area contributed by atoms with Gasteiger partial charge in [-0.3, -0.25) is 0 Å². The third kappa shape index (κ3) is 3.29. The number of thioether (sulfide) groups is 1. The van der Waals surface area contributed by atoms with Crippen LogP contribution in [0.15, 0.2) is 27.7 Å². The first-order valence-electron chi connectivity index (χ1n) is 2.80. The molecule has 0 spiro atoms. The van der Waals surface area contributed by atoms with Crippen molar-refractivity contribution in [1.29, 1.82) is 0 Å². The Hall–Kier alpha value is 1.61. The van der Waals surface area contributed by atoms with Gasteiger partial charge in [0.1, 0.15) is 0 Å². The number of hydrogen-bond acceptors (Lipinski definition) is 1. The van der Waals surface area contributed by atoms with Gasteiger partial charge in [-0.15, -0.1) is 40.4 Å². The molecule has 2 rings (SSSR count). The number of halogens is 4. The van der Waals surface area contributed by atoms with Gasteiger partial charge in [0, 0.05) is 0 Å². The largest absolute Gasteiger partial charge is 3.00 e. The molecule has 0 nitrogen and oxygen atoms in total. The zero-order valence-corrected chi connectivity index (χ0v) is 12.5. The molecular formula is C7H3Cl4SZr. The van der Waals surface area contributed by atoms with Gasteiger partial charge in [0.25, 0.3) is 0 Å². The quantitative estimate of drug-likeness (QED) is 0.332. The van der Waals surface area contributed by atoms with Crippen LogP contribution in [-0.4, -0.2) is 4.71 Å². The average molecular weight is 352 g/mol. The Bertz CT molecular complexity index is 272. The van der Waals surface area contributed by atoms with E-state index in [4.69, 9.17) is 23.2 Å². The fourth-order valence-electron chi connectivity index (χ4n) is 0.954. The molecule has 6 heteroatoms. The number of alkyl halides is 1. The molecule has 0 bridgehead atoms. The molecule has 1 radical (unpaired) electrons. The number of fused-ring (bicyclic) bond motifs is 1. The van der Waals surface area contributed by atoms with E-state index in [0.29, 0.717) is 0 Å². The van der Waals surface area contributed by atoms with Crippen molar-refractivity contribution in [2.75, 3.05) is 0 Å². The van der Waals surface area contributed by atoms with Crippen molar-refractivity contribution in [3.8, 4) is 0 Å².